The number of rotatable bonds is 6. The number of thioether (sulfide) groups is 1. The first kappa shape index (κ1) is 15.1. The van der Waals surface area contributed by atoms with Gasteiger partial charge >= 0.3 is 0 Å². The maximum atomic E-state index is 10.9. The zero-order chi connectivity index (χ0) is 15.4. The van der Waals surface area contributed by atoms with E-state index in [0.717, 1.165) is 29.6 Å². The van der Waals surface area contributed by atoms with Gasteiger partial charge in [0, 0.05) is 18.2 Å². The van der Waals surface area contributed by atoms with Crippen LogP contribution in [0.1, 0.15) is 44.6 Å². The molecule has 7 heteroatoms. The van der Waals surface area contributed by atoms with Crippen molar-refractivity contribution in [3.8, 4) is 11.6 Å². The molecule has 2 aromatic rings. The van der Waals surface area contributed by atoms with E-state index in [9.17, 15) is 4.79 Å². The molecule has 0 bridgehead atoms. The van der Waals surface area contributed by atoms with Gasteiger partial charge in [0.25, 0.3) is 0 Å². The van der Waals surface area contributed by atoms with Crippen molar-refractivity contribution in [1.82, 2.24) is 14.8 Å². The zero-order valence-electron chi connectivity index (χ0n) is 12.4. The molecular formula is C15H20N4O2S. The summed E-state index contributed by atoms with van der Waals surface area (Å²) in [4.78, 5) is 10.9. The number of nitrogens with two attached hydrogens (primary N) is 1. The van der Waals surface area contributed by atoms with Crippen LogP contribution in [0.3, 0.4) is 0 Å². The third kappa shape index (κ3) is 3.35. The zero-order valence-corrected chi connectivity index (χ0v) is 13.2. The van der Waals surface area contributed by atoms with Crippen molar-refractivity contribution < 1.29 is 9.21 Å². The molecule has 0 aliphatic heterocycles. The molecule has 118 valence electrons. The second-order valence-electron chi connectivity index (χ2n) is 5.51. The molecule has 1 fully saturated rings. The molecule has 0 atom stereocenters. The van der Waals surface area contributed by atoms with Crippen molar-refractivity contribution in [2.45, 2.75) is 49.7 Å². The normalized spacial score (nSPS) is 16.0. The molecule has 0 radical (unpaired) electrons. The number of carbonyl (C=O) groups excluding carboxylic acids is 1. The number of nitrogens with zero attached hydrogens (tertiary/aromatic N) is 3. The summed E-state index contributed by atoms with van der Waals surface area (Å²) in [5.41, 5.74) is 5.21. The van der Waals surface area contributed by atoms with Gasteiger partial charge in [0.1, 0.15) is 0 Å². The molecule has 2 heterocycles. The van der Waals surface area contributed by atoms with Gasteiger partial charge in [-0.25, -0.2) is 0 Å². The van der Waals surface area contributed by atoms with E-state index in [1.165, 1.54) is 31.0 Å². The monoisotopic (exact) mass is 320 g/mol. The highest BCUT2D eigenvalue weighted by atomic mass is 32.2. The van der Waals surface area contributed by atoms with Crippen LogP contribution in [0.2, 0.25) is 0 Å². The maximum absolute atomic E-state index is 10.9. The first-order chi connectivity index (χ1) is 10.8. The minimum absolute atomic E-state index is 0.289. The Morgan fingerprint density at radius 3 is 2.86 bits per heavy atom. The SMILES string of the molecule is NC(=O)CCSc1nnc(-c2ccco2)n1C1CCCCC1. The van der Waals surface area contributed by atoms with Crippen LogP contribution in [0.15, 0.2) is 28.0 Å². The van der Waals surface area contributed by atoms with Crippen LogP contribution >= 0.6 is 11.8 Å². The molecule has 1 aliphatic rings. The van der Waals surface area contributed by atoms with Gasteiger partial charge in [0.05, 0.1) is 6.26 Å². The minimum Gasteiger partial charge on any atom is -0.461 e. The lowest BCUT2D eigenvalue weighted by Gasteiger charge is -2.25. The number of aromatic nitrogens is 3. The van der Waals surface area contributed by atoms with Gasteiger partial charge in [0.2, 0.25) is 11.7 Å². The number of hydrogen-bond acceptors (Lipinski definition) is 5. The summed E-state index contributed by atoms with van der Waals surface area (Å²) >= 11 is 1.53. The van der Waals surface area contributed by atoms with E-state index < -0.39 is 0 Å². The van der Waals surface area contributed by atoms with Gasteiger partial charge < -0.3 is 10.2 Å². The van der Waals surface area contributed by atoms with Gasteiger partial charge in [-0.3, -0.25) is 9.36 Å². The van der Waals surface area contributed by atoms with Crippen LogP contribution in [0.4, 0.5) is 0 Å². The van der Waals surface area contributed by atoms with Crippen molar-refractivity contribution in [3.05, 3.63) is 18.4 Å². The summed E-state index contributed by atoms with van der Waals surface area (Å²) in [6.45, 7) is 0. The summed E-state index contributed by atoms with van der Waals surface area (Å²) in [6.07, 6.45) is 8.01. The highest BCUT2D eigenvalue weighted by Gasteiger charge is 2.24. The van der Waals surface area contributed by atoms with Crippen LogP contribution in [-0.2, 0) is 4.79 Å². The Labute approximate surface area is 133 Å². The van der Waals surface area contributed by atoms with E-state index >= 15 is 0 Å². The second kappa shape index (κ2) is 7.00. The van der Waals surface area contributed by atoms with Crippen molar-refractivity contribution >= 4 is 17.7 Å². The number of hydrogen-bond donors (Lipinski definition) is 1. The van der Waals surface area contributed by atoms with Gasteiger partial charge in [-0.15, -0.1) is 10.2 Å². The molecule has 0 spiro atoms. The summed E-state index contributed by atoms with van der Waals surface area (Å²) in [7, 11) is 0. The number of furan rings is 1. The smallest absolute Gasteiger partial charge is 0.218 e. The molecule has 2 N–H and O–H groups in total. The van der Waals surface area contributed by atoms with E-state index in [0.29, 0.717) is 18.2 Å². The second-order valence-corrected chi connectivity index (χ2v) is 6.57. The maximum Gasteiger partial charge on any atom is 0.218 e. The molecule has 2 aromatic heterocycles. The molecule has 0 aromatic carbocycles. The summed E-state index contributed by atoms with van der Waals surface area (Å²) in [5.74, 6) is 1.85. The van der Waals surface area contributed by atoms with E-state index in [-0.39, 0.29) is 5.91 Å². The fourth-order valence-corrected chi connectivity index (χ4v) is 3.82. The Hall–Kier alpha value is -1.76. The first-order valence-electron chi connectivity index (χ1n) is 7.65. The molecule has 6 nitrogen and oxygen atoms in total. The molecule has 1 aliphatic carbocycles. The molecule has 0 unspecified atom stereocenters. The Kier molecular flexibility index (Phi) is 4.82. The lowest BCUT2D eigenvalue weighted by Crippen LogP contribution is -2.15. The topological polar surface area (TPSA) is 86.9 Å². The standard InChI is InChI=1S/C15H20N4O2S/c16-13(20)8-10-22-15-18-17-14(12-7-4-9-21-12)19(15)11-5-2-1-3-6-11/h4,7,9,11H,1-3,5-6,8,10H2,(H2,16,20). The molecule has 3 rings (SSSR count). The minimum atomic E-state index is -0.289. The van der Waals surface area contributed by atoms with Crippen LogP contribution in [-0.4, -0.2) is 26.4 Å². The average molecular weight is 320 g/mol. The van der Waals surface area contributed by atoms with Crippen LogP contribution < -0.4 is 5.73 Å². The fraction of sp³-hybridized carbons (Fsp3) is 0.533. The average Bonchev–Trinajstić information content (AvgIpc) is 3.16. The summed E-state index contributed by atoms with van der Waals surface area (Å²) < 4.78 is 7.68. The van der Waals surface area contributed by atoms with Crippen molar-refractivity contribution in [2.24, 2.45) is 5.73 Å². The molecule has 0 saturated heterocycles. The van der Waals surface area contributed by atoms with Crippen LogP contribution in [0.5, 0.6) is 0 Å². The van der Waals surface area contributed by atoms with E-state index in [4.69, 9.17) is 10.2 Å². The lowest BCUT2D eigenvalue weighted by molar-refractivity contribution is -0.117. The molecule has 22 heavy (non-hydrogen) atoms. The highest BCUT2D eigenvalue weighted by molar-refractivity contribution is 7.99. The van der Waals surface area contributed by atoms with Crippen LogP contribution in [0.25, 0.3) is 11.6 Å². The molecule has 1 amide bonds. The van der Waals surface area contributed by atoms with Crippen LogP contribution in [0, 0.1) is 0 Å². The summed E-state index contributed by atoms with van der Waals surface area (Å²) in [6, 6.07) is 4.16. The van der Waals surface area contributed by atoms with Gasteiger partial charge in [-0.05, 0) is 25.0 Å². The van der Waals surface area contributed by atoms with Crippen molar-refractivity contribution in [2.75, 3.05) is 5.75 Å². The van der Waals surface area contributed by atoms with E-state index in [1.807, 2.05) is 12.1 Å². The predicted molar refractivity (Wildman–Crippen MR) is 84.4 cm³/mol. The predicted octanol–water partition coefficient (Wildman–Crippen LogP) is 3.01. The van der Waals surface area contributed by atoms with E-state index in [2.05, 4.69) is 14.8 Å². The highest BCUT2D eigenvalue weighted by Crippen LogP contribution is 2.35. The third-order valence-electron chi connectivity index (χ3n) is 3.93. The Balaban J connectivity index is 1.86. The largest absolute Gasteiger partial charge is 0.461 e. The van der Waals surface area contributed by atoms with E-state index in [1.54, 1.807) is 6.26 Å². The number of carbonyl (C=O) groups is 1. The molecule has 1 saturated carbocycles. The number of amides is 1. The summed E-state index contributed by atoms with van der Waals surface area (Å²) in [5, 5.41) is 9.47. The Morgan fingerprint density at radius 1 is 1.36 bits per heavy atom. The van der Waals surface area contributed by atoms with Crippen molar-refractivity contribution in [3.63, 3.8) is 0 Å². The first-order valence-corrected chi connectivity index (χ1v) is 8.64. The van der Waals surface area contributed by atoms with Gasteiger partial charge in [-0.2, -0.15) is 0 Å². The lowest BCUT2D eigenvalue weighted by atomic mass is 9.95. The third-order valence-corrected chi connectivity index (χ3v) is 4.87. The van der Waals surface area contributed by atoms with Gasteiger partial charge in [0.15, 0.2) is 10.9 Å². The number of primary amides is 1. The quantitative estimate of drug-likeness (QED) is 0.827. The Morgan fingerprint density at radius 2 is 2.18 bits per heavy atom. The van der Waals surface area contributed by atoms with Gasteiger partial charge in [-0.1, -0.05) is 31.0 Å². The molecular weight excluding hydrogens is 300 g/mol. The fourth-order valence-electron chi connectivity index (χ4n) is 2.86. The van der Waals surface area contributed by atoms with Crippen molar-refractivity contribution in [1.29, 1.82) is 0 Å². The Bertz CT molecular complexity index is 618.